The maximum absolute atomic E-state index is 10.7. The fraction of sp³-hybridized carbons (Fsp3) is 0.111. The molecule has 0 amide bonds. The van der Waals surface area contributed by atoms with Gasteiger partial charge < -0.3 is 9.84 Å². The minimum atomic E-state index is -1.06. The maximum Gasteiger partial charge on any atom is 0.372 e. The molecule has 4 nitrogen and oxygen atoms in total. The van der Waals surface area contributed by atoms with E-state index in [1.54, 1.807) is 12.2 Å². The molecule has 0 aromatic heterocycles. The van der Waals surface area contributed by atoms with E-state index >= 15 is 0 Å². The van der Waals surface area contributed by atoms with E-state index in [0.29, 0.717) is 5.57 Å². The van der Waals surface area contributed by atoms with Crippen LogP contribution in [0, 0.1) is 0 Å². The van der Waals surface area contributed by atoms with Gasteiger partial charge in [0.15, 0.2) is 6.40 Å². The monoisotopic (exact) mass is 177 g/mol. The first-order chi connectivity index (χ1) is 6.29. The molecule has 1 heterocycles. The van der Waals surface area contributed by atoms with E-state index in [4.69, 9.17) is 9.84 Å². The van der Waals surface area contributed by atoms with Gasteiger partial charge in [0, 0.05) is 5.57 Å². The predicted octanol–water partition coefficient (Wildman–Crippen LogP) is 0.878. The van der Waals surface area contributed by atoms with Crippen LogP contribution in [0.15, 0.2) is 40.6 Å². The molecule has 1 atom stereocenters. The Morgan fingerprint density at radius 3 is 3.15 bits per heavy atom. The fourth-order valence-electron chi connectivity index (χ4n) is 1.26. The van der Waals surface area contributed by atoms with Crippen molar-refractivity contribution < 1.29 is 14.6 Å². The lowest BCUT2D eigenvalue weighted by Gasteiger charge is -2.18. The van der Waals surface area contributed by atoms with E-state index < -0.39 is 5.97 Å². The summed E-state index contributed by atoms with van der Waals surface area (Å²) < 4.78 is 4.81. The molecule has 4 heteroatoms. The first-order valence-corrected chi connectivity index (χ1v) is 3.79. The SMILES string of the molecule is O=C(O)C1=C2C=CC=CC2N=CO1. The molecule has 13 heavy (non-hydrogen) atoms. The lowest BCUT2D eigenvalue weighted by atomic mass is 10.0. The number of rotatable bonds is 1. The third kappa shape index (κ3) is 1.26. The Morgan fingerprint density at radius 2 is 2.38 bits per heavy atom. The zero-order valence-electron chi connectivity index (χ0n) is 6.68. The van der Waals surface area contributed by atoms with Crippen molar-refractivity contribution in [3.63, 3.8) is 0 Å². The van der Waals surface area contributed by atoms with Gasteiger partial charge in [-0.2, -0.15) is 0 Å². The number of aliphatic carboxylic acids is 1. The molecule has 0 aromatic rings. The molecule has 0 aromatic carbocycles. The van der Waals surface area contributed by atoms with E-state index in [2.05, 4.69) is 4.99 Å². The van der Waals surface area contributed by atoms with Gasteiger partial charge >= 0.3 is 5.97 Å². The van der Waals surface area contributed by atoms with Crippen LogP contribution in [0.4, 0.5) is 0 Å². The summed E-state index contributed by atoms with van der Waals surface area (Å²) >= 11 is 0. The summed E-state index contributed by atoms with van der Waals surface area (Å²) in [7, 11) is 0. The predicted molar refractivity (Wildman–Crippen MR) is 46.3 cm³/mol. The molecular formula is C9H7NO3. The van der Waals surface area contributed by atoms with E-state index in [0.717, 1.165) is 0 Å². The van der Waals surface area contributed by atoms with Crippen molar-refractivity contribution in [3.05, 3.63) is 35.6 Å². The Morgan fingerprint density at radius 1 is 1.54 bits per heavy atom. The highest BCUT2D eigenvalue weighted by atomic mass is 16.5. The Hall–Kier alpha value is -1.84. The molecule has 0 saturated heterocycles. The van der Waals surface area contributed by atoms with Crippen LogP contribution in [0.5, 0.6) is 0 Å². The Kier molecular flexibility index (Phi) is 1.73. The standard InChI is InChI=1S/C9H7NO3/c11-9(12)8-6-3-1-2-4-7(6)10-5-13-8/h1-5,7H,(H,11,12). The third-order valence-corrected chi connectivity index (χ3v) is 1.85. The fourth-order valence-corrected chi connectivity index (χ4v) is 1.26. The summed E-state index contributed by atoms with van der Waals surface area (Å²) in [6.45, 7) is 0. The number of allylic oxidation sites excluding steroid dienone is 2. The van der Waals surface area contributed by atoms with Crippen LogP contribution in [0.25, 0.3) is 0 Å². The molecular weight excluding hydrogens is 170 g/mol. The number of hydrogen-bond acceptors (Lipinski definition) is 3. The van der Waals surface area contributed by atoms with Crippen molar-refractivity contribution in [2.24, 2.45) is 4.99 Å². The summed E-state index contributed by atoms with van der Waals surface area (Å²) in [5.41, 5.74) is 0.595. The second kappa shape index (κ2) is 2.90. The second-order valence-corrected chi connectivity index (χ2v) is 2.65. The Bertz CT molecular complexity index is 363. The molecule has 0 fully saturated rings. The maximum atomic E-state index is 10.7. The van der Waals surface area contributed by atoms with Gasteiger partial charge in [-0.3, -0.25) is 0 Å². The van der Waals surface area contributed by atoms with Gasteiger partial charge in [0.05, 0.1) is 0 Å². The van der Waals surface area contributed by atoms with Crippen molar-refractivity contribution in [2.75, 3.05) is 0 Å². The van der Waals surface area contributed by atoms with E-state index in [1.807, 2.05) is 12.2 Å². The van der Waals surface area contributed by atoms with Gasteiger partial charge in [-0.15, -0.1) is 0 Å². The number of ether oxygens (including phenoxy) is 1. The van der Waals surface area contributed by atoms with Crippen LogP contribution in [-0.2, 0) is 9.53 Å². The molecule has 1 N–H and O–H groups in total. The number of carboxylic acid groups (broad SMARTS) is 1. The Labute approximate surface area is 74.5 Å². The number of hydrogen-bond donors (Lipinski definition) is 1. The van der Waals surface area contributed by atoms with E-state index in [9.17, 15) is 4.79 Å². The smallest absolute Gasteiger partial charge is 0.372 e. The van der Waals surface area contributed by atoms with Crippen LogP contribution in [0.1, 0.15) is 0 Å². The molecule has 1 aliphatic carbocycles. The highest BCUT2D eigenvalue weighted by Crippen LogP contribution is 2.22. The molecule has 1 unspecified atom stereocenters. The summed E-state index contributed by atoms with van der Waals surface area (Å²) in [6, 6.07) is -0.204. The summed E-state index contributed by atoms with van der Waals surface area (Å²) in [4.78, 5) is 14.7. The van der Waals surface area contributed by atoms with Gasteiger partial charge in [0.25, 0.3) is 0 Å². The first-order valence-electron chi connectivity index (χ1n) is 3.79. The van der Waals surface area contributed by atoms with Crippen LogP contribution in [0.2, 0.25) is 0 Å². The lowest BCUT2D eigenvalue weighted by Crippen LogP contribution is -2.19. The van der Waals surface area contributed by atoms with Crippen molar-refractivity contribution >= 4 is 12.4 Å². The average Bonchev–Trinajstić information content (AvgIpc) is 2.17. The quantitative estimate of drug-likeness (QED) is 0.646. The number of aliphatic imine (C=N–C) groups is 1. The van der Waals surface area contributed by atoms with Crippen molar-refractivity contribution in [2.45, 2.75) is 6.04 Å². The van der Waals surface area contributed by atoms with Crippen LogP contribution in [0.3, 0.4) is 0 Å². The molecule has 0 spiro atoms. The van der Waals surface area contributed by atoms with Gasteiger partial charge in [-0.05, 0) is 0 Å². The normalized spacial score (nSPS) is 24.2. The van der Waals surface area contributed by atoms with E-state index in [1.165, 1.54) is 6.40 Å². The Balaban J connectivity index is 2.44. The van der Waals surface area contributed by atoms with Crippen molar-refractivity contribution in [3.8, 4) is 0 Å². The molecule has 2 aliphatic rings. The minimum absolute atomic E-state index is 0.0411. The average molecular weight is 177 g/mol. The minimum Gasteiger partial charge on any atom is -0.475 e. The van der Waals surface area contributed by atoms with Crippen LogP contribution in [-0.4, -0.2) is 23.5 Å². The summed E-state index contributed by atoms with van der Waals surface area (Å²) in [5, 5.41) is 8.77. The molecule has 0 saturated carbocycles. The van der Waals surface area contributed by atoms with Crippen LogP contribution < -0.4 is 0 Å². The summed E-state index contributed by atoms with van der Waals surface area (Å²) in [6.07, 6.45) is 8.28. The highest BCUT2D eigenvalue weighted by molar-refractivity contribution is 5.89. The first kappa shape index (κ1) is 7.79. The van der Waals surface area contributed by atoms with Gasteiger partial charge in [-0.1, -0.05) is 24.3 Å². The number of fused-ring (bicyclic) bond motifs is 1. The van der Waals surface area contributed by atoms with Crippen molar-refractivity contribution in [1.29, 1.82) is 0 Å². The molecule has 0 bridgehead atoms. The van der Waals surface area contributed by atoms with Gasteiger partial charge in [-0.25, -0.2) is 9.79 Å². The largest absolute Gasteiger partial charge is 0.475 e. The zero-order chi connectivity index (χ0) is 9.26. The molecule has 2 rings (SSSR count). The van der Waals surface area contributed by atoms with Crippen LogP contribution >= 0.6 is 0 Å². The molecule has 66 valence electrons. The van der Waals surface area contributed by atoms with Crippen molar-refractivity contribution in [1.82, 2.24) is 0 Å². The second-order valence-electron chi connectivity index (χ2n) is 2.65. The topological polar surface area (TPSA) is 58.9 Å². The van der Waals surface area contributed by atoms with E-state index in [-0.39, 0.29) is 11.8 Å². The molecule has 1 aliphatic heterocycles. The summed E-state index contributed by atoms with van der Waals surface area (Å²) in [5.74, 6) is -1.10. The number of nitrogens with zero attached hydrogens (tertiary/aromatic N) is 1. The number of carboxylic acids is 1. The lowest BCUT2D eigenvalue weighted by molar-refractivity contribution is -0.135. The van der Waals surface area contributed by atoms with Gasteiger partial charge in [0.1, 0.15) is 6.04 Å². The number of carbonyl (C=O) groups is 1. The third-order valence-electron chi connectivity index (χ3n) is 1.85. The highest BCUT2D eigenvalue weighted by Gasteiger charge is 2.23. The molecule has 0 radical (unpaired) electrons. The van der Waals surface area contributed by atoms with Gasteiger partial charge in [0.2, 0.25) is 5.76 Å². The zero-order valence-corrected chi connectivity index (χ0v) is 6.68.